The Morgan fingerprint density at radius 1 is 0.421 bits per heavy atom. The summed E-state index contributed by atoms with van der Waals surface area (Å²) in [5.74, 6) is 0. The second-order valence-electron chi connectivity index (χ2n) is 15.4. The summed E-state index contributed by atoms with van der Waals surface area (Å²) >= 11 is 0. The quantitative estimate of drug-likeness (QED) is 0.165. The molecular weight excluding hydrogens is 689 g/mol. The first-order valence-corrected chi connectivity index (χ1v) is 19.9. The van der Waals surface area contributed by atoms with E-state index in [0.717, 1.165) is 11.4 Å². The molecule has 0 amide bonds. The van der Waals surface area contributed by atoms with Crippen molar-refractivity contribution in [2.24, 2.45) is 0 Å². The molecule has 270 valence electrons. The number of para-hydroxylation sites is 2. The summed E-state index contributed by atoms with van der Waals surface area (Å²) in [6.07, 6.45) is 0. The van der Waals surface area contributed by atoms with Gasteiger partial charge in [0.1, 0.15) is 0 Å². The van der Waals surface area contributed by atoms with E-state index in [-0.39, 0.29) is 6.04 Å². The Balaban J connectivity index is 1.07. The van der Waals surface area contributed by atoms with Gasteiger partial charge in [-0.25, -0.2) is 0 Å². The predicted octanol–water partition coefficient (Wildman–Crippen LogP) is 14.8. The van der Waals surface area contributed by atoms with Gasteiger partial charge in [0.15, 0.2) is 0 Å². The van der Waals surface area contributed by atoms with Crippen molar-refractivity contribution < 1.29 is 0 Å². The molecule has 11 rings (SSSR count). The largest absolute Gasteiger partial charge is 0.330 e. The van der Waals surface area contributed by atoms with Crippen LogP contribution in [0, 0.1) is 13.8 Å². The van der Waals surface area contributed by atoms with Gasteiger partial charge in [-0.1, -0.05) is 146 Å². The van der Waals surface area contributed by atoms with Crippen LogP contribution < -0.4 is 4.90 Å². The van der Waals surface area contributed by atoms with Gasteiger partial charge in [0.2, 0.25) is 0 Å². The Kier molecular flexibility index (Phi) is 7.72. The van der Waals surface area contributed by atoms with E-state index in [1.54, 1.807) is 0 Å². The number of aryl methyl sites for hydroxylation is 1. The lowest BCUT2D eigenvalue weighted by molar-refractivity contribution is 0.834. The zero-order chi connectivity index (χ0) is 38.0. The Labute approximate surface area is 333 Å². The van der Waals surface area contributed by atoms with Crippen LogP contribution in [-0.2, 0) is 0 Å². The van der Waals surface area contributed by atoms with Gasteiger partial charge in [-0.2, -0.15) is 0 Å². The molecule has 0 bridgehead atoms. The van der Waals surface area contributed by atoms with Gasteiger partial charge in [-0.05, 0) is 135 Å². The zero-order valence-corrected chi connectivity index (χ0v) is 32.0. The van der Waals surface area contributed by atoms with Crippen molar-refractivity contribution in [1.82, 2.24) is 4.57 Å². The molecule has 57 heavy (non-hydrogen) atoms. The lowest BCUT2D eigenvalue weighted by Gasteiger charge is -2.34. The molecule has 0 spiro atoms. The number of fused-ring (bicyclic) bond motifs is 7. The molecule has 0 saturated heterocycles. The maximum absolute atomic E-state index is 2.58. The highest BCUT2D eigenvalue weighted by Gasteiger charge is 2.36. The highest BCUT2D eigenvalue weighted by atomic mass is 15.2. The third-order valence-corrected chi connectivity index (χ3v) is 12.3. The monoisotopic (exact) mass is 728 g/mol. The number of aromatic nitrogens is 1. The Morgan fingerprint density at radius 2 is 1.11 bits per heavy atom. The summed E-state index contributed by atoms with van der Waals surface area (Å²) in [6, 6.07) is 73.7. The number of benzene rings is 9. The van der Waals surface area contributed by atoms with Crippen LogP contribution in [0.1, 0.15) is 28.3 Å². The molecule has 9 aromatic carbocycles. The first-order valence-electron chi connectivity index (χ1n) is 19.9. The lowest BCUT2D eigenvalue weighted by atomic mass is 9.93. The predicted molar refractivity (Wildman–Crippen MR) is 241 cm³/mol. The van der Waals surface area contributed by atoms with E-state index in [1.807, 2.05) is 0 Å². The van der Waals surface area contributed by atoms with Crippen LogP contribution in [-0.4, -0.2) is 4.57 Å². The molecule has 0 saturated carbocycles. The minimum Gasteiger partial charge on any atom is -0.330 e. The maximum atomic E-state index is 2.58. The summed E-state index contributed by atoms with van der Waals surface area (Å²) in [5, 5.41) is 5.03. The molecule has 1 atom stereocenters. The number of rotatable bonds is 6. The molecule has 1 unspecified atom stereocenters. The third-order valence-electron chi connectivity index (χ3n) is 12.3. The first kappa shape index (κ1) is 33.2. The molecule has 1 heterocycles. The van der Waals surface area contributed by atoms with Crippen LogP contribution in [0.25, 0.3) is 71.6 Å². The number of nitrogens with zero attached hydrogens (tertiary/aromatic N) is 2. The highest BCUT2D eigenvalue weighted by Crippen LogP contribution is 2.52. The molecule has 1 aromatic heterocycles. The SMILES string of the molecule is Cc1ccc2c(c1C)C(N(c1ccc(-c3ccc4c(c3)c3ccccc3n4-c3ccccc3)cc1)c1cccc(-c3cccc4ccccc34)c1)c1ccccc1-2. The van der Waals surface area contributed by atoms with Crippen molar-refractivity contribution >= 4 is 44.0 Å². The first-order chi connectivity index (χ1) is 28.1. The van der Waals surface area contributed by atoms with Crippen LogP contribution in [0.4, 0.5) is 11.4 Å². The van der Waals surface area contributed by atoms with Crippen molar-refractivity contribution in [3.05, 3.63) is 222 Å². The summed E-state index contributed by atoms with van der Waals surface area (Å²) in [6.45, 7) is 4.54. The van der Waals surface area contributed by atoms with Crippen LogP contribution in [0.3, 0.4) is 0 Å². The fourth-order valence-electron chi connectivity index (χ4n) is 9.40. The summed E-state index contributed by atoms with van der Waals surface area (Å²) in [5.41, 5.74) is 18.8. The second-order valence-corrected chi connectivity index (χ2v) is 15.4. The van der Waals surface area contributed by atoms with Gasteiger partial charge in [-0.15, -0.1) is 0 Å². The van der Waals surface area contributed by atoms with Crippen molar-refractivity contribution in [2.45, 2.75) is 19.9 Å². The summed E-state index contributed by atoms with van der Waals surface area (Å²) < 4.78 is 2.38. The Bertz CT molecular complexity index is 3150. The van der Waals surface area contributed by atoms with E-state index < -0.39 is 0 Å². The minimum atomic E-state index is 0.00480. The molecule has 1 aliphatic carbocycles. The fraction of sp³-hybridized carbons (Fsp3) is 0.0545. The second kappa shape index (κ2) is 13.3. The lowest BCUT2D eigenvalue weighted by Crippen LogP contribution is -2.24. The number of anilines is 2. The van der Waals surface area contributed by atoms with Crippen molar-refractivity contribution in [2.75, 3.05) is 4.90 Å². The molecule has 10 aromatic rings. The van der Waals surface area contributed by atoms with Gasteiger partial charge < -0.3 is 9.47 Å². The molecule has 2 nitrogen and oxygen atoms in total. The molecule has 0 fully saturated rings. The Hall–Kier alpha value is -7.16. The van der Waals surface area contributed by atoms with Crippen LogP contribution in [0.5, 0.6) is 0 Å². The van der Waals surface area contributed by atoms with E-state index in [1.165, 1.54) is 93.9 Å². The Morgan fingerprint density at radius 3 is 1.98 bits per heavy atom. The summed E-state index contributed by atoms with van der Waals surface area (Å²) in [4.78, 5) is 2.58. The van der Waals surface area contributed by atoms with Crippen LogP contribution in [0.2, 0.25) is 0 Å². The van der Waals surface area contributed by atoms with Crippen molar-refractivity contribution in [1.29, 1.82) is 0 Å². The van der Waals surface area contributed by atoms with Gasteiger partial charge in [0.25, 0.3) is 0 Å². The molecule has 1 aliphatic rings. The van der Waals surface area contributed by atoms with Gasteiger partial charge in [-0.3, -0.25) is 0 Å². The smallest absolute Gasteiger partial charge is 0.0859 e. The number of hydrogen-bond donors (Lipinski definition) is 0. The molecule has 0 radical (unpaired) electrons. The van der Waals surface area contributed by atoms with Crippen LogP contribution >= 0.6 is 0 Å². The average Bonchev–Trinajstić information content (AvgIpc) is 3.78. The zero-order valence-electron chi connectivity index (χ0n) is 32.0. The van der Waals surface area contributed by atoms with Crippen LogP contribution in [0.15, 0.2) is 200 Å². The molecule has 0 aliphatic heterocycles. The topological polar surface area (TPSA) is 8.17 Å². The van der Waals surface area contributed by atoms with Crippen molar-refractivity contribution in [3.8, 4) is 39.1 Å². The van der Waals surface area contributed by atoms with Gasteiger partial charge >= 0.3 is 0 Å². The van der Waals surface area contributed by atoms with E-state index in [0.29, 0.717) is 0 Å². The van der Waals surface area contributed by atoms with E-state index in [4.69, 9.17) is 0 Å². The molecule has 2 heteroatoms. The maximum Gasteiger partial charge on any atom is 0.0859 e. The van der Waals surface area contributed by atoms with Crippen molar-refractivity contribution in [3.63, 3.8) is 0 Å². The number of hydrogen-bond acceptors (Lipinski definition) is 1. The van der Waals surface area contributed by atoms with E-state index in [9.17, 15) is 0 Å². The summed E-state index contributed by atoms with van der Waals surface area (Å²) in [7, 11) is 0. The fourth-order valence-corrected chi connectivity index (χ4v) is 9.40. The van der Waals surface area contributed by atoms with Gasteiger partial charge in [0.05, 0.1) is 17.1 Å². The molecular formula is C55H40N2. The normalized spacial score (nSPS) is 13.3. The van der Waals surface area contributed by atoms with E-state index >= 15 is 0 Å². The third kappa shape index (κ3) is 5.33. The van der Waals surface area contributed by atoms with Gasteiger partial charge in [0, 0.05) is 27.8 Å². The standard InChI is InChI=1S/C55H40N2/c1-36-26-32-49-47-21-8-9-23-50(47)55(54(49)37(36)2)56(44-19-12-16-41(34-44)46-24-13-15-39-14-6-7-20-45(39)46)43-30-27-38(28-31-43)40-29-33-53-51(35-40)48-22-10-11-25-52(48)57(53)42-17-4-3-5-18-42/h3-35,55H,1-2H3. The minimum absolute atomic E-state index is 0.00480. The molecule has 0 N–H and O–H groups in total. The van der Waals surface area contributed by atoms with E-state index in [2.05, 4.69) is 224 Å². The average molecular weight is 729 g/mol. The highest BCUT2D eigenvalue weighted by molar-refractivity contribution is 6.10.